The normalized spacial score (nSPS) is 12.9. The average Bonchev–Trinajstić information content (AvgIpc) is 3.25. The first-order valence-electron chi connectivity index (χ1n) is 25.5. The first-order chi connectivity index (χ1) is 30.7. The average molecular weight is 911 g/mol. The lowest BCUT2D eigenvalue weighted by Gasteiger charge is -2.32. The SMILES string of the molecule is CCCCCCCCC(CCCCCC)COC(=O)CCNC(=O)[C@H](OC(=O)CCCC(=O)OCC(CCCCCC)OC(=O)CCCCCCC)C(C)(C)COC(=O)CCN(C)C. The summed E-state index contributed by atoms with van der Waals surface area (Å²) in [5.74, 6) is -2.70. The van der Waals surface area contributed by atoms with Gasteiger partial charge in [-0.05, 0) is 58.5 Å². The first-order valence-corrected chi connectivity index (χ1v) is 25.5. The van der Waals surface area contributed by atoms with Gasteiger partial charge in [0.05, 0.1) is 19.4 Å². The highest BCUT2D eigenvalue weighted by Gasteiger charge is 2.40. The van der Waals surface area contributed by atoms with E-state index in [-0.39, 0.29) is 57.8 Å². The summed E-state index contributed by atoms with van der Waals surface area (Å²) in [7, 11) is 3.69. The van der Waals surface area contributed by atoms with Gasteiger partial charge in [-0.1, -0.05) is 151 Å². The molecule has 2 unspecified atom stereocenters. The molecule has 0 heterocycles. The predicted molar refractivity (Wildman–Crippen MR) is 253 cm³/mol. The molecule has 1 N–H and O–H groups in total. The number of carbonyl (C=O) groups is 6. The molecule has 0 rings (SSSR count). The van der Waals surface area contributed by atoms with Crippen molar-refractivity contribution in [2.75, 3.05) is 47.0 Å². The second-order valence-electron chi connectivity index (χ2n) is 18.7. The zero-order valence-corrected chi connectivity index (χ0v) is 42.0. The number of nitrogens with one attached hydrogen (secondary N) is 1. The monoisotopic (exact) mass is 911 g/mol. The number of hydrogen-bond acceptors (Lipinski definition) is 12. The second kappa shape index (κ2) is 40.1. The van der Waals surface area contributed by atoms with E-state index in [0.717, 1.165) is 83.5 Å². The van der Waals surface area contributed by atoms with Gasteiger partial charge in [0.2, 0.25) is 0 Å². The van der Waals surface area contributed by atoms with Crippen molar-refractivity contribution in [1.29, 1.82) is 0 Å². The van der Waals surface area contributed by atoms with Crippen LogP contribution in [0.3, 0.4) is 0 Å². The van der Waals surface area contributed by atoms with Crippen LogP contribution in [0, 0.1) is 11.3 Å². The highest BCUT2D eigenvalue weighted by atomic mass is 16.6. The molecule has 3 atom stereocenters. The Kier molecular flexibility index (Phi) is 38.1. The van der Waals surface area contributed by atoms with Gasteiger partial charge in [-0.15, -0.1) is 0 Å². The maximum absolute atomic E-state index is 13.6. The lowest BCUT2D eigenvalue weighted by atomic mass is 9.86. The summed E-state index contributed by atoms with van der Waals surface area (Å²) >= 11 is 0. The molecule has 0 aliphatic carbocycles. The van der Waals surface area contributed by atoms with Crippen LogP contribution < -0.4 is 5.32 Å². The maximum atomic E-state index is 13.6. The summed E-state index contributed by atoms with van der Waals surface area (Å²) in [4.78, 5) is 79.3. The van der Waals surface area contributed by atoms with Gasteiger partial charge in [0.15, 0.2) is 6.10 Å². The van der Waals surface area contributed by atoms with Crippen LogP contribution in [0.2, 0.25) is 0 Å². The highest BCUT2D eigenvalue weighted by molar-refractivity contribution is 5.85. The summed E-state index contributed by atoms with van der Waals surface area (Å²) in [6.07, 6.45) is 22.1. The Balaban J connectivity index is 5.36. The lowest BCUT2D eigenvalue weighted by Crippen LogP contribution is -2.49. The molecule has 64 heavy (non-hydrogen) atoms. The van der Waals surface area contributed by atoms with Crippen molar-refractivity contribution >= 4 is 35.8 Å². The molecule has 0 bridgehead atoms. The van der Waals surface area contributed by atoms with Crippen molar-refractivity contribution in [3.05, 3.63) is 0 Å². The third-order valence-corrected chi connectivity index (χ3v) is 11.5. The minimum atomic E-state index is -1.36. The Morgan fingerprint density at radius 1 is 0.484 bits per heavy atom. The van der Waals surface area contributed by atoms with Gasteiger partial charge in [0.25, 0.3) is 5.91 Å². The fourth-order valence-electron chi connectivity index (χ4n) is 7.26. The van der Waals surface area contributed by atoms with Crippen molar-refractivity contribution in [3.63, 3.8) is 0 Å². The summed E-state index contributed by atoms with van der Waals surface area (Å²) < 4.78 is 28.1. The second-order valence-corrected chi connectivity index (χ2v) is 18.7. The van der Waals surface area contributed by atoms with Gasteiger partial charge in [-0.2, -0.15) is 0 Å². The van der Waals surface area contributed by atoms with Crippen LogP contribution in [-0.4, -0.2) is 99.9 Å². The molecule has 13 nitrogen and oxygen atoms in total. The van der Waals surface area contributed by atoms with E-state index in [2.05, 4.69) is 33.0 Å². The first kappa shape index (κ1) is 60.8. The minimum Gasteiger partial charge on any atom is -0.465 e. The quantitative estimate of drug-likeness (QED) is 0.0350. The van der Waals surface area contributed by atoms with Gasteiger partial charge in [0, 0.05) is 37.8 Å². The topological polar surface area (TPSA) is 164 Å². The van der Waals surface area contributed by atoms with Crippen LogP contribution >= 0.6 is 0 Å². The Bertz CT molecular complexity index is 1240. The number of rotatable bonds is 43. The van der Waals surface area contributed by atoms with Gasteiger partial charge in [0.1, 0.15) is 19.3 Å². The van der Waals surface area contributed by atoms with Gasteiger partial charge >= 0.3 is 29.8 Å². The Morgan fingerprint density at radius 2 is 0.938 bits per heavy atom. The molecule has 0 aromatic carbocycles. The minimum absolute atomic E-state index is 0.0251. The fourth-order valence-corrected chi connectivity index (χ4v) is 7.26. The predicted octanol–water partition coefficient (Wildman–Crippen LogP) is 10.8. The van der Waals surface area contributed by atoms with E-state index < -0.39 is 47.4 Å². The number of esters is 5. The molecule has 0 aliphatic heterocycles. The summed E-state index contributed by atoms with van der Waals surface area (Å²) in [6.45, 7) is 12.6. The van der Waals surface area contributed by atoms with Crippen LogP contribution in [0.4, 0.5) is 0 Å². The number of unbranched alkanes of at least 4 members (excludes halogenated alkanes) is 15. The molecule has 1 amide bonds. The van der Waals surface area contributed by atoms with Crippen molar-refractivity contribution < 1.29 is 52.5 Å². The molecule has 0 fully saturated rings. The lowest BCUT2D eigenvalue weighted by molar-refractivity contribution is -0.169. The van der Waals surface area contributed by atoms with Gasteiger partial charge in [-0.3, -0.25) is 28.8 Å². The van der Waals surface area contributed by atoms with E-state index in [0.29, 0.717) is 31.9 Å². The van der Waals surface area contributed by atoms with E-state index in [9.17, 15) is 28.8 Å². The molecule has 13 heteroatoms. The van der Waals surface area contributed by atoms with Gasteiger partial charge < -0.3 is 33.9 Å². The number of nitrogens with zero attached hydrogens (tertiary/aromatic N) is 1. The summed E-state index contributed by atoms with van der Waals surface area (Å²) in [5, 5.41) is 2.73. The molecule has 0 radical (unpaired) electrons. The van der Waals surface area contributed by atoms with E-state index >= 15 is 0 Å². The summed E-state index contributed by atoms with van der Waals surface area (Å²) in [6, 6.07) is 0. The van der Waals surface area contributed by atoms with Crippen molar-refractivity contribution in [2.45, 2.75) is 234 Å². The van der Waals surface area contributed by atoms with Crippen LogP contribution in [0.15, 0.2) is 0 Å². The van der Waals surface area contributed by atoms with Crippen molar-refractivity contribution in [2.24, 2.45) is 11.3 Å². The largest absolute Gasteiger partial charge is 0.465 e. The fraction of sp³-hybridized carbons (Fsp3) is 0.882. The number of carbonyl (C=O) groups excluding carboxylic acids is 6. The van der Waals surface area contributed by atoms with Crippen LogP contribution in [0.25, 0.3) is 0 Å². The molecule has 374 valence electrons. The zero-order valence-electron chi connectivity index (χ0n) is 42.0. The van der Waals surface area contributed by atoms with Crippen molar-refractivity contribution in [3.8, 4) is 0 Å². The molecule has 0 saturated carbocycles. The molecule has 0 aliphatic rings. The van der Waals surface area contributed by atoms with E-state index in [1.165, 1.54) is 51.4 Å². The van der Waals surface area contributed by atoms with E-state index in [4.69, 9.17) is 23.7 Å². The molecule has 0 spiro atoms. The van der Waals surface area contributed by atoms with Gasteiger partial charge in [-0.25, -0.2) is 0 Å². The molecule has 0 saturated heterocycles. The number of amides is 1. The third-order valence-electron chi connectivity index (χ3n) is 11.5. The Labute approximate surface area is 389 Å². The Hall–Kier alpha value is -3.22. The molecule has 0 aromatic heterocycles. The number of hydrogen-bond donors (Lipinski definition) is 1. The molecule has 0 aromatic rings. The summed E-state index contributed by atoms with van der Waals surface area (Å²) in [5.41, 5.74) is -1.13. The zero-order chi connectivity index (χ0) is 47.9. The Morgan fingerprint density at radius 3 is 1.53 bits per heavy atom. The van der Waals surface area contributed by atoms with E-state index in [1.54, 1.807) is 13.8 Å². The third kappa shape index (κ3) is 35.1. The van der Waals surface area contributed by atoms with Crippen LogP contribution in [0.5, 0.6) is 0 Å². The highest BCUT2D eigenvalue weighted by Crippen LogP contribution is 2.26. The maximum Gasteiger partial charge on any atom is 0.307 e. The standard InChI is InChI=1S/C51H94N2O11/c1-9-13-17-21-23-25-30-42(29-24-19-15-11-3)39-60-45(55)35-37-52-50(59)49(51(5,6)41-62-46(56)36-38-53(7)8)64-48(58)34-28-33-44(54)61-40-43(31-26-20-16-12-4)63-47(57)32-27-22-18-14-10-2/h42-43,49H,9-41H2,1-8H3,(H,52,59)/t42?,43?,49-/m0/s1. The molecular formula is C51H94N2O11. The van der Waals surface area contributed by atoms with Crippen molar-refractivity contribution in [1.82, 2.24) is 10.2 Å². The molecular weight excluding hydrogens is 817 g/mol. The van der Waals surface area contributed by atoms with Crippen LogP contribution in [0.1, 0.15) is 221 Å². The van der Waals surface area contributed by atoms with Crippen LogP contribution in [-0.2, 0) is 52.5 Å². The smallest absolute Gasteiger partial charge is 0.307 e. The van der Waals surface area contributed by atoms with E-state index in [1.807, 2.05) is 19.0 Å². The number of ether oxygens (including phenoxy) is 5.